The van der Waals surface area contributed by atoms with E-state index in [0.29, 0.717) is 31.4 Å². The van der Waals surface area contributed by atoms with Crippen molar-refractivity contribution in [3.63, 3.8) is 0 Å². The van der Waals surface area contributed by atoms with E-state index in [4.69, 9.17) is 4.74 Å². The molecule has 0 aliphatic carbocycles. The molecule has 3 rings (SSSR count). The molecule has 3 heterocycles. The molecule has 0 radical (unpaired) electrons. The van der Waals surface area contributed by atoms with Gasteiger partial charge in [0.1, 0.15) is 0 Å². The lowest BCUT2D eigenvalue weighted by atomic mass is 9.93. The van der Waals surface area contributed by atoms with Crippen LogP contribution in [0.5, 0.6) is 0 Å². The Bertz CT molecular complexity index is 762. The van der Waals surface area contributed by atoms with E-state index in [1.54, 1.807) is 6.92 Å². The Hall–Kier alpha value is -2.00. The maximum absolute atomic E-state index is 13.1. The van der Waals surface area contributed by atoms with Crippen LogP contribution in [0.1, 0.15) is 43.2 Å². The van der Waals surface area contributed by atoms with Crippen molar-refractivity contribution in [2.24, 2.45) is 11.8 Å². The van der Waals surface area contributed by atoms with Crippen molar-refractivity contribution in [2.45, 2.75) is 46.5 Å². The number of aromatic nitrogens is 1. The standard InChI is InChI=1S/C21H32N4O4S/c1-4-29-20(28)17-8-6-10-25(12-17)19(27)16-7-5-9-24(11-16)13-18(26)23-21-22-14(2)15(3)30-21/h16-17H,4-13H2,1-3H3,(H,22,23,26). The number of likely N-dealkylation sites (tertiary alicyclic amines) is 2. The summed E-state index contributed by atoms with van der Waals surface area (Å²) >= 11 is 1.47. The SMILES string of the molecule is CCOC(=O)C1CCCN(C(=O)C2CCCN(CC(=O)Nc3nc(C)c(C)s3)C2)C1. The largest absolute Gasteiger partial charge is 0.466 e. The Labute approximate surface area is 182 Å². The summed E-state index contributed by atoms with van der Waals surface area (Å²) in [4.78, 5) is 46.9. The van der Waals surface area contributed by atoms with E-state index in [-0.39, 0.29) is 36.2 Å². The number of rotatable bonds is 6. The third-order valence-corrected chi connectivity index (χ3v) is 6.84. The van der Waals surface area contributed by atoms with Crippen molar-refractivity contribution >= 4 is 34.3 Å². The zero-order valence-corrected chi connectivity index (χ0v) is 18.9. The van der Waals surface area contributed by atoms with Gasteiger partial charge in [0.25, 0.3) is 0 Å². The smallest absolute Gasteiger partial charge is 0.310 e. The summed E-state index contributed by atoms with van der Waals surface area (Å²) in [6, 6.07) is 0. The third-order valence-electron chi connectivity index (χ3n) is 5.85. The van der Waals surface area contributed by atoms with Crippen LogP contribution >= 0.6 is 11.3 Å². The van der Waals surface area contributed by atoms with Gasteiger partial charge in [0.05, 0.1) is 30.7 Å². The number of nitrogens with zero attached hydrogens (tertiary/aromatic N) is 3. The van der Waals surface area contributed by atoms with Gasteiger partial charge in [-0.05, 0) is 53.0 Å². The topological polar surface area (TPSA) is 91.8 Å². The van der Waals surface area contributed by atoms with Crippen LogP contribution in [0.25, 0.3) is 0 Å². The molecule has 0 bridgehead atoms. The third kappa shape index (κ3) is 5.78. The number of thiazole rings is 1. The highest BCUT2D eigenvalue weighted by Gasteiger charge is 2.34. The monoisotopic (exact) mass is 436 g/mol. The van der Waals surface area contributed by atoms with Gasteiger partial charge in [-0.1, -0.05) is 0 Å². The van der Waals surface area contributed by atoms with Gasteiger partial charge in [-0.25, -0.2) is 4.98 Å². The summed E-state index contributed by atoms with van der Waals surface area (Å²) in [5, 5.41) is 3.49. The van der Waals surface area contributed by atoms with Gasteiger partial charge in [0.2, 0.25) is 11.8 Å². The summed E-state index contributed by atoms with van der Waals surface area (Å²) in [6.07, 6.45) is 3.30. The minimum absolute atomic E-state index is 0.0975. The highest BCUT2D eigenvalue weighted by Crippen LogP contribution is 2.24. The number of nitrogens with one attached hydrogen (secondary N) is 1. The van der Waals surface area contributed by atoms with Crippen molar-refractivity contribution in [2.75, 3.05) is 44.6 Å². The van der Waals surface area contributed by atoms with Crippen LogP contribution < -0.4 is 5.32 Å². The first kappa shape index (κ1) is 22.7. The number of amides is 2. The molecule has 2 atom stereocenters. The molecule has 1 N–H and O–H groups in total. The first-order chi connectivity index (χ1) is 14.4. The molecule has 2 unspecified atom stereocenters. The second-order valence-corrected chi connectivity index (χ2v) is 9.36. The lowest BCUT2D eigenvalue weighted by molar-refractivity contribution is -0.152. The molecule has 166 valence electrons. The summed E-state index contributed by atoms with van der Waals surface area (Å²) in [7, 11) is 0. The van der Waals surface area contributed by atoms with Crippen molar-refractivity contribution < 1.29 is 19.1 Å². The number of anilines is 1. The molecule has 2 saturated heterocycles. The van der Waals surface area contributed by atoms with Crippen molar-refractivity contribution in [3.05, 3.63) is 10.6 Å². The van der Waals surface area contributed by atoms with Gasteiger partial charge in [0, 0.05) is 24.5 Å². The van der Waals surface area contributed by atoms with Gasteiger partial charge in [-0.3, -0.25) is 19.3 Å². The summed E-state index contributed by atoms with van der Waals surface area (Å²) in [5.41, 5.74) is 0.932. The Morgan fingerprint density at radius 1 is 1.13 bits per heavy atom. The van der Waals surface area contributed by atoms with Gasteiger partial charge in [-0.15, -0.1) is 11.3 Å². The van der Waals surface area contributed by atoms with Crippen molar-refractivity contribution in [1.82, 2.24) is 14.8 Å². The minimum Gasteiger partial charge on any atom is -0.466 e. The first-order valence-electron chi connectivity index (χ1n) is 10.8. The quantitative estimate of drug-likeness (QED) is 0.688. The fourth-order valence-corrected chi connectivity index (χ4v) is 5.01. The first-order valence-corrected chi connectivity index (χ1v) is 11.6. The molecule has 1 aromatic heterocycles. The lowest BCUT2D eigenvalue weighted by Crippen LogP contribution is -2.50. The van der Waals surface area contributed by atoms with Gasteiger partial charge in [0.15, 0.2) is 5.13 Å². The Kier molecular flexibility index (Phi) is 7.82. The number of carbonyl (C=O) groups excluding carboxylic acids is 3. The summed E-state index contributed by atoms with van der Waals surface area (Å²) in [6.45, 7) is 8.84. The fraction of sp³-hybridized carbons (Fsp3) is 0.714. The number of aryl methyl sites for hydroxylation is 2. The van der Waals surface area contributed by atoms with Crippen LogP contribution in [0.15, 0.2) is 0 Å². The van der Waals surface area contributed by atoms with E-state index in [1.807, 2.05) is 23.6 Å². The molecule has 0 aromatic carbocycles. The predicted molar refractivity (Wildman–Crippen MR) is 115 cm³/mol. The minimum atomic E-state index is -0.224. The lowest BCUT2D eigenvalue weighted by Gasteiger charge is -2.37. The fourth-order valence-electron chi connectivity index (χ4n) is 4.18. The number of hydrogen-bond donors (Lipinski definition) is 1. The second kappa shape index (κ2) is 10.3. The van der Waals surface area contributed by atoms with Crippen LogP contribution in [0, 0.1) is 25.7 Å². The van der Waals surface area contributed by atoms with Crippen molar-refractivity contribution in [1.29, 1.82) is 0 Å². The Morgan fingerprint density at radius 2 is 1.87 bits per heavy atom. The number of hydrogen-bond acceptors (Lipinski definition) is 7. The number of carbonyl (C=O) groups is 3. The maximum Gasteiger partial charge on any atom is 0.310 e. The number of ether oxygens (including phenoxy) is 1. The summed E-state index contributed by atoms with van der Waals surface area (Å²) in [5.74, 6) is -0.558. The molecule has 2 aliphatic heterocycles. The molecular formula is C21H32N4O4S. The normalized spacial score (nSPS) is 22.6. The van der Waals surface area contributed by atoms with Gasteiger partial charge in [-0.2, -0.15) is 0 Å². The Morgan fingerprint density at radius 3 is 2.57 bits per heavy atom. The molecule has 0 saturated carbocycles. The number of piperidine rings is 2. The molecule has 2 aliphatic rings. The van der Waals surface area contributed by atoms with E-state index in [9.17, 15) is 14.4 Å². The van der Waals surface area contributed by atoms with E-state index >= 15 is 0 Å². The Balaban J connectivity index is 1.51. The maximum atomic E-state index is 13.1. The zero-order valence-electron chi connectivity index (χ0n) is 18.1. The number of esters is 1. The van der Waals surface area contributed by atoms with E-state index in [0.717, 1.165) is 42.8 Å². The van der Waals surface area contributed by atoms with Crippen molar-refractivity contribution in [3.8, 4) is 0 Å². The van der Waals surface area contributed by atoms with Crippen LogP contribution in [-0.2, 0) is 19.1 Å². The summed E-state index contributed by atoms with van der Waals surface area (Å²) < 4.78 is 5.14. The highest BCUT2D eigenvalue weighted by atomic mass is 32.1. The molecule has 8 nitrogen and oxygen atoms in total. The van der Waals surface area contributed by atoms with Crippen LogP contribution in [-0.4, -0.2) is 71.9 Å². The van der Waals surface area contributed by atoms with E-state index in [2.05, 4.69) is 10.3 Å². The average Bonchev–Trinajstić information content (AvgIpc) is 3.04. The molecule has 2 amide bonds. The molecular weight excluding hydrogens is 404 g/mol. The molecule has 2 fully saturated rings. The van der Waals surface area contributed by atoms with E-state index < -0.39 is 0 Å². The van der Waals surface area contributed by atoms with E-state index in [1.165, 1.54) is 11.3 Å². The molecule has 9 heteroatoms. The van der Waals surface area contributed by atoms with Crippen LogP contribution in [0.2, 0.25) is 0 Å². The predicted octanol–water partition coefficient (Wildman–Crippen LogP) is 2.21. The van der Waals surface area contributed by atoms with Gasteiger partial charge >= 0.3 is 5.97 Å². The van der Waals surface area contributed by atoms with Gasteiger partial charge < -0.3 is 15.0 Å². The highest BCUT2D eigenvalue weighted by molar-refractivity contribution is 7.15. The van der Waals surface area contributed by atoms with Crippen LogP contribution in [0.4, 0.5) is 5.13 Å². The molecule has 0 spiro atoms. The van der Waals surface area contributed by atoms with Crippen LogP contribution in [0.3, 0.4) is 0 Å². The average molecular weight is 437 g/mol. The second-order valence-electron chi connectivity index (χ2n) is 8.16. The molecule has 30 heavy (non-hydrogen) atoms. The molecule has 1 aromatic rings. The zero-order chi connectivity index (χ0) is 21.7.